The molecule has 0 unspecified atom stereocenters. The van der Waals surface area contributed by atoms with E-state index in [0.29, 0.717) is 66.1 Å². The maximum Gasteiger partial charge on any atom is 0.123 e. The van der Waals surface area contributed by atoms with Crippen molar-refractivity contribution in [2.45, 2.75) is 60.3 Å². The van der Waals surface area contributed by atoms with Gasteiger partial charge in [-0.3, -0.25) is 0 Å². The van der Waals surface area contributed by atoms with Crippen molar-refractivity contribution >= 4 is 93.5 Å². The Morgan fingerprint density at radius 2 is 0.711 bits per heavy atom. The minimum Gasteiger partial charge on any atom is -0.545 e. The first kappa shape index (κ1) is 60.2. The summed E-state index contributed by atoms with van der Waals surface area (Å²) in [5.41, 5.74) is 11.2. The smallest absolute Gasteiger partial charge is 0.123 e. The number of halogens is 7. The maximum absolute atomic E-state index is 13.3. The highest BCUT2D eigenvalue weighted by atomic mass is 35.5. The number of carboxylic acid groups (broad SMARTS) is 4. The second-order valence-corrected chi connectivity index (χ2v) is 19.9. The highest BCUT2D eigenvalue weighted by Gasteiger charge is 2.16. The Labute approximate surface area is 470 Å². The number of hydrogen-bond acceptors (Lipinski definition) is 8. The van der Waals surface area contributed by atoms with E-state index in [1.54, 1.807) is 78.9 Å². The van der Waals surface area contributed by atoms with Crippen LogP contribution in [0.2, 0.25) is 30.1 Å². The van der Waals surface area contributed by atoms with Crippen molar-refractivity contribution in [3.63, 3.8) is 0 Å². The van der Waals surface area contributed by atoms with Gasteiger partial charge in [0.25, 0.3) is 0 Å². The van der Waals surface area contributed by atoms with Crippen LogP contribution in [0.1, 0.15) is 114 Å². The van der Waals surface area contributed by atoms with E-state index in [2.05, 4.69) is 0 Å². The summed E-state index contributed by atoms with van der Waals surface area (Å²) in [6.45, 7) is 9.70. The van der Waals surface area contributed by atoms with Crippen LogP contribution < -0.4 is 20.4 Å². The molecule has 15 heteroatoms. The number of carboxylic acids is 4. The van der Waals surface area contributed by atoms with Gasteiger partial charge in [0, 0.05) is 71.7 Å². The average Bonchev–Trinajstić information content (AvgIpc) is 3.37. The zero-order chi connectivity index (χ0) is 56.0. The molecule has 0 aliphatic heterocycles. The number of rotatable bonds is 12. The summed E-state index contributed by atoms with van der Waals surface area (Å²) >= 11 is 36.8. The lowest BCUT2D eigenvalue weighted by atomic mass is 9.94. The number of carbonyl (C=O) groups excluding carboxylic acids is 4. The van der Waals surface area contributed by atoms with Crippen LogP contribution in [0, 0.1) is 40.4 Å². The van der Waals surface area contributed by atoms with Gasteiger partial charge in [0.2, 0.25) is 0 Å². The first-order valence-electron chi connectivity index (χ1n) is 23.2. The van der Waals surface area contributed by atoms with E-state index in [1.165, 1.54) is 28.8 Å². The second kappa shape index (κ2) is 27.9. The highest BCUT2D eigenvalue weighted by Crippen LogP contribution is 2.33. The average molecular weight is 1140 g/mol. The fourth-order valence-electron chi connectivity index (χ4n) is 8.07. The molecule has 0 spiro atoms. The van der Waals surface area contributed by atoms with Crippen molar-refractivity contribution in [3.05, 3.63) is 276 Å². The minimum atomic E-state index is -1.36. The lowest BCUT2D eigenvalue weighted by molar-refractivity contribution is -0.256. The molecule has 0 bridgehead atoms. The number of aromatic carboxylic acids is 4. The number of aryl methyl sites for hydroxylation is 5. The normalized spacial score (nSPS) is 10.5. The minimum absolute atomic E-state index is 0.0694. The Hall–Kier alpha value is -6.69. The fourth-order valence-corrected chi connectivity index (χ4v) is 9.61. The van der Waals surface area contributed by atoms with Gasteiger partial charge in [-0.2, -0.15) is 0 Å². The van der Waals surface area contributed by atoms with Gasteiger partial charge in [-0.25, -0.2) is 4.39 Å². The van der Waals surface area contributed by atoms with E-state index in [9.17, 15) is 44.0 Å². The van der Waals surface area contributed by atoms with Gasteiger partial charge < -0.3 is 39.6 Å². The van der Waals surface area contributed by atoms with Gasteiger partial charge >= 0.3 is 0 Å². The summed E-state index contributed by atoms with van der Waals surface area (Å²) in [4.78, 5) is 44.3. The largest absolute Gasteiger partial charge is 0.545 e. The van der Waals surface area contributed by atoms with Crippen LogP contribution in [-0.2, 0) is 25.7 Å². The molecule has 8 rings (SSSR count). The standard InChI is InChI=1S/C16H14Cl2O2.C16H16O2.C15H11Cl2FO2.C14H10Cl2O2/c1-9-3-5-12(16(19)20)11(7-9)8-13-14(17)6-4-10(2)15(13)18;1-11-6-5-7-12(2)15(11)10-13-8-3-4-9-14(13)16(17)18;1-8-2-5-13(16)12(14(8)17)7-9-6-10(18)3-4-11(9)15(19)20;15-12-6-3-7-13(16)11(12)8-9-4-1-2-5-10(9)14(17)18/h3-7H,8H2,1-2H3,(H,19,20);3-9H,10H2,1-2H3,(H,17,18);2-6H,7H2,1H3,(H,19,20);1-7H,8H2,(H,17,18)/p-4. The molecule has 0 fully saturated rings. The van der Waals surface area contributed by atoms with Crippen molar-refractivity contribution in [1.29, 1.82) is 0 Å². The van der Waals surface area contributed by atoms with Crippen LogP contribution in [-0.4, -0.2) is 23.9 Å². The molecule has 0 saturated carbocycles. The maximum atomic E-state index is 13.3. The van der Waals surface area contributed by atoms with Crippen LogP contribution in [0.15, 0.2) is 146 Å². The first-order chi connectivity index (χ1) is 36.0. The zero-order valence-corrected chi connectivity index (χ0v) is 46.1. The van der Waals surface area contributed by atoms with E-state index in [1.807, 2.05) is 77.1 Å². The van der Waals surface area contributed by atoms with Crippen LogP contribution in [0.25, 0.3) is 0 Å². The SMILES string of the molecule is Cc1ccc(C(=O)[O-])c(Cc2c(Cl)ccc(C)c2Cl)c1.Cc1ccc(Cl)c(Cc2cc(F)ccc2C(=O)[O-])c1Cl.Cc1cccc(C)c1Cc1ccccc1C(=O)[O-].O=C([O-])c1ccccc1Cc1c(Cl)cccc1Cl. The van der Waals surface area contributed by atoms with E-state index >= 15 is 0 Å². The highest BCUT2D eigenvalue weighted by molar-refractivity contribution is 6.37. The molecule has 0 heterocycles. The van der Waals surface area contributed by atoms with Gasteiger partial charge in [-0.1, -0.05) is 178 Å². The van der Waals surface area contributed by atoms with E-state index < -0.39 is 29.7 Å². The van der Waals surface area contributed by atoms with E-state index in [0.717, 1.165) is 45.5 Å². The Morgan fingerprint density at radius 1 is 0.355 bits per heavy atom. The molecule has 0 radical (unpaired) electrons. The molecule has 8 aromatic carbocycles. The molecule has 8 aromatic rings. The zero-order valence-electron chi connectivity index (χ0n) is 41.6. The predicted octanol–water partition coefficient (Wildman–Crippen LogP) is 12.2. The third kappa shape index (κ3) is 16.2. The van der Waals surface area contributed by atoms with Crippen molar-refractivity contribution < 1.29 is 44.0 Å². The molecule has 0 saturated heterocycles. The quantitative estimate of drug-likeness (QED) is 0.117. The van der Waals surface area contributed by atoms with Crippen molar-refractivity contribution in [3.8, 4) is 0 Å². The summed E-state index contributed by atoms with van der Waals surface area (Å²) in [6.07, 6.45) is 1.48. The lowest BCUT2D eigenvalue weighted by Crippen LogP contribution is -2.24. The van der Waals surface area contributed by atoms with Gasteiger partial charge in [0.1, 0.15) is 5.82 Å². The number of hydrogen-bond donors (Lipinski definition) is 0. The summed E-state index contributed by atoms with van der Waals surface area (Å²) in [5, 5.41) is 47.3. The Bertz CT molecular complexity index is 3180. The lowest BCUT2D eigenvalue weighted by Gasteiger charge is -2.14. The van der Waals surface area contributed by atoms with Crippen LogP contribution in [0.4, 0.5) is 4.39 Å². The molecule has 76 heavy (non-hydrogen) atoms. The van der Waals surface area contributed by atoms with Crippen LogP contribution >= 0.6 is 69.6 Å². The molecule has 0 atom stereocenters. The summed E-state index contributed by atoms with van der Waals surface area (Å²) in [7, 11) is 0. The third-order valence-electron chi connectivity index (χ3n) is 12.2. The Morgan fingerprint density at radius 3 is 1.16 bits per heavy atom. The molecule has 0 aromatic heterocycles. The van der Waals surface area contributed by atoms with E-state index in [-0.39, 0.29) is 34.2 Å². The van der Waals surface area contributed by atoms with Gasteiger partial charge in [0.05, 0.1) is 23.9 Å². The molecule has 392 valence electrons. The van der Waals surface area contributed by atoms with Crippen molar-refractivity contribution in [1.82, 2.24) is 0 Å². The number of benzene rings is 8. The van der Waals surface area contributed by atoms with Gasteiger partial charge in [0.15, 0.2) is 0 Å². The number of carbonyl (C=O) groups is 4. The topological polar surface area (TPSA) is 161 Å². The monoisotopic (exact) mass is 1140 g/mol. The van der Waals surface area contributed by atoms with Crippen LogP contribution in [0.5, 0.6) is 0 Å². The molecule has 0 aliphatic rings. The molecule has 0 aliphatic carbocycles. The second-order valence-electron chi connectivity index (χ2n) is 17.5. The first-order valence-corrected chi connectivity index (χ1v) is 25.5. The Kier molecular flexibility index (Phi) is 22.1. The van der Waals surface area contributed by atoms with Crippen molar-refractivity contribution in [2.75, 3.05) is 0 Å². The Balaban J connectivity index is 0.000000187. The van der Waals surface area contributed by atoms with Crippen LogP contribution in [0.3, 0.4) is 0 Å². The molecular formula is C61H47Cl6FO8-4. The van der Waals surface area contributed by atoms with Gasteiger partial charge in [-0.15, -0.1) is 0 Å². The fraction of sp³-hybridized carbons (Fsp3) is 0.148. The molecule has 0 amide bonds. The third-order valence-corrected chi connectivity index (χ3v) is 14.6. The molecule has 0 N–H and O–H groups in total. The molecule has 8 nitrogen and oxygen atoms in total. The summed E-state index contributed by atoms with van der Waals surface area (Å²) in [5.74, 6) is -5.39. The van der Waals surface area contributed by atoms with Gasteiger partial charge in [-0.05, 0) is 150 Å². The summed E-state index contributed by atoms with van der Waals surface area (Å²) < 4.78 is 13.3. The van der Waals surface area contributed by atoms with Crippen molar-refractivity contribution in [2.24, 2.45) is 0 Å². The summed E-state index contributed by atoms with van der Waals surface area (Å²) in [6, 6.07) is 40.6. The predicted molar refractivity (Wildman–Crippen MR) is 294 cm³/mol. The molecular weight excluding hydrogens is 1090 g/mol. The van der Waals surface area contributed by atoms with E-state index in [4.69, 9.17) is 69.6 Å².